The highest BCUT2D eigenvalue weighted by molar-refractivity contribution is 5.86. The zero-order chi connectivity index (χ0) is 62.7. The van der Waals surface area contributed by atoms with Crippen LogP contribution in [0.4, 0.5) is 4.79 Å². The van der Waals surface area contributed by atoms with Crippen molar-refractivity contribution >= 4 is 79.0 Å². The number of rotatable bonds is 20. The molecule has 2 aromatic carbocycles. The Morgan fingerprint density at radius 3 is 1.11 bits per heavy atom. The van der Waals surface area contributed by atoms with Crippen LogP contribution in [0.1, 0.15) is 187 Å². The molecule has 23 heteroatoms. The van der Waals surface area contributed by atoms with E-state index in [0.29, 0.717) is 19.3 Å². The van der Waals surface area contributed by atoms with Gasteiger partial charge in [0.25, 0.3) is 0 Å². The average molecular weight is 1200 g/mol. The smallest absolute Gasteiger partial charge is 0.373 e. The summed E-state index contributed by atoms with van der Waals surface area (Å²) in [6.45, 7) is 33.9. The summed E-state index contributed by atoms with van der Waals surface area (Å²) in [5.41, 5.74) is 10.7. The Bertz CT molecular complexity index is 2220. The Hall–Kier alpha value is -6.21. The van der Waals surface area contributed by atoms with Crippen molar-refractivity contribution in [3.8, 4) is 0 Å². The van der Waals surface area contributed by atoms with Crippen molar-refractivity contribution in [3.63, 3.8) is 0 Å². The van der Waals surface area contributed by atoms with E-state index in [2.05, 4.69) is 31.4 Å². The second-order valence-electron chi connectivity index (χ2n) is 24.5. The number of hydrogen-bond acceptors (Lipinski definition) is 19. The van der Waals surface area contributed by atoms with Crippen molar-refractivity contribution in [2.75, 3.05) is 0 Å². The minimum Gasteiger partial charge on any atom is -0.461 e. The number of nitrogens with two attached hydrogens (primary N) is 2. The molecule has 0 spiro atoms. The standard InChI is InChI=1S/C29H46N2O7.C16H23NO4.C12H25NO2.2CO2.2ClH/c1-27(2,3)22(16-18-24(33)37-28(4,5)6)31-26(35)30-21(25(34)38-29(7,8)9)15-17-23(32)36-19-20-13-11-10-12-14-20;1-16(2,3)21-15(19)13(17)9-10-14(18)20-11-12-7-5-4-6-8-12;1-11(2,3)9(13)7-8-10(14)15-12(4,5)6;2*2-1-3;;/h10-14,21-22H,15-19H2,1-9H3,(H2,30,31,35);4-8,13H,9-11,17H2,1-3H3;9H,7-8,13H2,1-6H3;;;2*1H/t21-,22+;13-;9-;;;;/m111..../s1. The van der Waals surface area contributed by atoms with Gasteiger partial charge in [0.2, 0.25) is 0 Å². The third-order valence-corrected chi connectivity index (χ3v) is 10.1. The molecule has 0 aliphatic heterocycles. The number of hydrogen-bond donors (Lipinski definition) is 4. The molecular formula is C59H96Cl2N4O17. The first-order valence-corrected chi connectivity index (χ1v) is 26.3. The molecule has 0 bridgehead atoms. The van der Waals surface area contributed by atoms with Crippen LogP contribution in [0.5, 0.6) is 0 Å². The van der Waals surface area contributed by atoms with Gasteiger partial charge in [-0.05, 0) is 131 Å². The Balaban J connectivity index is -0.000000377. The number of nitrogens with one attached hydrogen (secondary N) is 2. The summed E-state index contributed by atoms with van der Waals surface area (Å²) < 4.78 is 31.6. The minimum atomic E-state index is -1.06. The summed E-state index contributed by atoms with van der Waals surface area (Å²) in [5, 5.41) is 5.52. The van der Waals surface area contributed by atoms with Gasteiger partial charge < -0.3 is 50.5 Å². The first-order chi connectivity index (χ1) is 36.5. The highest BCUT2D eigenvalue weighted by Crippen LogP contribution is 2.25. The first kappa shape index (κ1) is 84.6. The largest absolute Gasteiger partial charge is 0.461 e. The molecule has 0 fully saturated rings. The fourth-order valence-electron chi connectivity index (χ4n) is 6.11. The molecule has 0 saturated carbocycles. The zero-order valence-electron chi connectivity index (χ0n) is 51.6. The molecule has 0 unspecified atom stereocenters. The third-order valence-electron chi connectivity index (χ3n) is 10.1. The van der Waals surface area contributed by atoms with Gasteiger partial charge in [-0.25, -0.2) is 9.59 Å². The summed E-state index contributed by atoms with van der Waals surface area (Å²) in [6, 6.07) is 15.8. The highest BCUT2D eigenvalue weighted by atomic mass is 35.5. The molecule has 0 radical (unpaired) electrons. The van der Waals surface area contributed by atoms with Gasteiger partial charge in [0.05, 0.1) is 0 Å². The maximum Gasteiger partial charge on any atom is 0.373 e. The number of esters is 6. The number of benzene rings is 2. The summed E-state index contributed by atoms with van der Waals surface area (Å²) in [7, 11) is 0. The van der Waals surface area contributed by atoms with Gasteiger partial charge in [-0.3, -0.25) is 24.0 Å². The normalized spacial score (nSPS) is 12.4. The molecule has 2 amide bonds. The molecule has 0 aliphatic rings. The van der Waals surface area contributed by atoms with Gasteiger partial charge in [-0.2, -0.15) is 19.2 Å². The van der Waals surface area contributed by atoms with Crippen LogP contribution in [0.3, 0.4) is 0 Å². The highest BCUT2D eigenvalue weighted by Gasteiger charge is 2.32. The van der Waals surface area contributed by atoms with E-state index in [9.17, 15) is 33.6 Å². The lowest BCUT2D eigenvalue weighted by atomic mass is 9.84. The molecule has 0 saturated heterocycles. The quantitative estimate of drug-likeness (QED) is 0.0708. The van der Waals surface area contributed by atoms with Gasteiger partial charge in [-0.1, -0.05) is 102 Å². The molecule has 468 valence electrons. The van der Waals surface area contributed by atoms with E-state index in [0.717, 1.165) is 11.1 Å². The number of amides is 2. The van der Waals surface area contributed by atoms with E-state index in [-0.39, 0.29) is 123 Å². The van der Waals surface area contributed by atoms with Crippen molar-refractivity contribution in [1.82, 2.24) is 10.6 Å². The minimum absolute atomic E-state index is 0. The lowest BCUT2D eigenvalue weighted by Crippen LogP contribution is -2.53. The lowest BCUT2D eigenvalue weighted by Gasteiger charge is -2.32. The molecule has 6 N–H and O–H groups in total. The fraction of sp³-hybridized carbons (Fsp3) is 0.644. The van der Waals surface area contributed by atoms with Crippen LogP contribution in [0, 0.1) is 10.8 Å². The Morgan fingerprint density at radius 1 is 0.439 bits per heavy atom. The van der Waals surface area contributed by atoms with Crippen LogP contribution < -0.4 is 22.1 Å². The van der Waals surface area contributed by atoms with Crippen molar-refractivity contribution in [2.24, 2.45) is 22.3 Å². The molecule has 82 heavy (non-hydrogen) atoms. The van der Waals surface area contributed by atoms with E-state index >= 15 is 0 Å². The molecular weight excluding hydrogens is 1110 g/mol. The molecule has 4 atom stereocenters. The number of halogens is 2. The first-order valence-electron chi connectivity index (χ1n) is 26.3. The van der Waals surface area contributed by atoms with E-state index < -0.39 is 58.4 Å². The van der Waals surface area contributed by atoms with Gasteiger partial charge in [0.15, 0.2) is 0 Å². The zero-order valence-corrected chi connectivity index (χ0v) is 53.2. The monoisotopic (exact) mass is 1200 g/mol. The summed E-state index contributed by atoms with van der Waals surface area (Å²) >= 11 is 0. The Labute approximate surface area is 498 Å². The van der Waals surface area contributed by atoms with E-state index in [1.54, 1.807) is 62.3 Å². The van der Waals surface area contributed by atoms with E-state index in [1.807, 2.05) is 102 Å². The third kappa shape index (κ3) is 50.7. The van der Waals surface area contributed by atoms with E-state index in [1.165, 1.54) is 0 Å². The van der Waals surface area contributed by atoms with Crippen molar-refractivity contribution < 1.29 is 81.2 Å². The Morgan fingerprint density at radius 2 is 0.768 bits per heavy atom. The van der Waals surface area contributed by atoms with Crippen LogP contribution >= 0.6 is 24.8 Å². The summed E-state index contributed by atoms with van der Waals surface area (Å²) in [6.07, 6.45) is 2.29. The predicted molar refractivity (Wildman–Crippen MR) is 311 cm³/mol. The van der Waals surface area contributed by atoms with Crippen LogP contribution in [-0.2, 0) is 89.6 Å². The molecule has 0 aliphatic carbocycles. The van der Waals surface area contributed by atoms with E-state index in [4.69, 9.17) is 59.1 Å². The predicted octanol–water partition coefficient (Wildman–Crippen LogP) is 9.39. The SMILES string of the molecule is CC(C)(C)OC(=O)CC[C@@H](N)C(C)(C)C.CC(C)(C)OC(=O)CC[C@H](NC(=O)N[C@H](CCC(=O)OCc1ccccc1)C(=O)OC(C)(C)C)C(C)(C)C.CC(C)(C)OC(=O)[C@H](N)CCC(=O)OCc1ccccc1.Cl.Cl.O=C=O.O=C=O. The number of urea groups is 1. The van der Waals surface area contributed by atoms with Crippen LogP contribution in [0.25, 0.3) is 0 Å². The summed E-state index contributed by atoms with van der Waals surface area (Å²) in [5.74, 6) is -2.54. The van der Waals surface area contributed by atoms with Crippen LogP contribution in [0.15, 0.2) is 60.7 Å². The Kier molecular flexibility index (Phi) is 43.0. The maximum atomic E-state index is 12.9. The number of carbonyl (C=O) groups is 7. The number of carbonyl (C=O) groups excluding carboxylic acids is 11. The molecule has 2 aromatic rings. The second kappa shape index (κ2) is 41.7. The molecule has 2 rings (SSSR count). The van der Waals surface area contributed by atoms with Gasteiger partial charge >= 0.3 is 54.1 Å². The fourth-order valence-corrected chi connectivity index (χ4v) is 6.11. The van der Waals surface area contributed by atoms with Crippen molar-refractivity contribution in [3.05, 3.63) is 71.8 Å². The van der Waals surface area contributed by atoms with Crippen LogP contribution in [0.2, 0.25) is 0 Å². The molecule has 0 aromatic heterocycles. The summed E-state index contributed by atoms with van der Waals surface area (Å²) in [4.78, 5) is 117. The van der Waals surface area contributed by atoms with Crippen molar-refractivity contribution in [1.29, 1.82) is 0 Å². The van der Waals surface area contributed by atoms with Crippen LogP contribution in [-0.4, -0.2) is 101 Å². The number of ether oxygens (including phenoxy) is 6. The second-order valence-corrected chi connectivity index (χ2v) is 24.5. The molecule has 21 nitrogen and oxygen atoms in total. The van der Waals surface area contributed by atoms with Gasteiger partial charge in [-0.15, -0.1) is 24.8 Å². The lowest BCUT2D eigenvalue weighted by molar-refractivity contribution is -0.193. The van der Waals surface area contributed by atoms with Gasteiger partial charge in [0, 0.05) is 37.8 Å². The van der Waals surface area contributed by atoms with Gasteiger partial charge in [0.1, 0.15) is 47.7 Å². The average Bonchev–Trinajstić information content (AvgIpc) is 3.30. The molecule has 0 heterocycles. The maximum absolute atomic E-state index is 12.9. The topological polar surface area (TPSA) is 319 Å². The van der Waals surface area contributed by atoms with Crippen molar-refractivity contribution in [2.45, 2.75) is 236 Å².